The van der Waals surface area contributed by atoms with Crippen molar-refractivity contribution < 1.29 is 37.5 Å². The monoisotopic (exact) mass is 152 g/mol. The van der Waals surface area contributed by atoms with Gasteiger partial charge < -0.3 is 15.7 Å². The zero-order chi connectivity index (χ0) is 4.28. The molecule has 4 heteroatoms. The summed E-state index contributed by atoms with van der Waals surface area (Å²) in [4.78, 5) is 9.81. The first-order valence-electron chi connectivity index (χ1n) is 1.76. The van der Waals surface area contributed by atoms with E-state index in [2.05, 4.69) is 0 Å². The molecule has 0 aromatic carbocycles. The third kappa shape index (κ3) is 33.4. The Balaban J connectivity index is -0.0000000267. The largest absolute Gasteiger partial charge is 4.00 e. The maximum absolute atomic E-state index is 9.81. The molecule has 0 heterocycles. The molecule has 46 valence electrons. The number of rotatable bonds is 1. The Morgan fingerprint density at radius 2 is 1.50 bits per heavy atom. The van der Waals surface area contributed by atoms with Crippen LogP contribution in [0.25, 0.3) is 0 Å². The summed E-state index contributed by atoms with van der Waals surface area (Å²) in [5.41, 5.74) is 0. The van der Waals surface area contributed by atoms with Crippen molar-refractivity contribution in [3.63, 3.8) is 0 Å². The quantitative estimate of drug-likeness (QED) is 0.510. The summed E-state index contributed by atoms with van der Waals surface area (Å²) in [6, 6.07) is 0. The van der Waals surface area contributed by atoms with E-state index in [9.17, 15) is 4.79 Å². The zero-order valence-corrected chi connectivity index (χ0v) is 6.49. The fourth-order valence-corrected chi connectivity index (χ4v) is 0. The fourth-order valence-electron chi connectivity index (χ4n) is 0. The molecule has 0 aliphatic carbocycles. The first kappa shape index (κ1) is 23.9. The smallest absolute Gasteiger partial charge is 2.00 e. The molecule has 0 saturated heterocycles. The summed E-state index contributed by atoms with van der Waals surface area (Å²) in [5, 5.41) is 0. The third-order valence-electron chi connectivity index (χ3n) is 0.498. The Hall–Kier alpha value is 0.304. The zero-order valence-electron chi connectivity index (χ0n) is 4.93. The summed E-state index contributed by atoms with van der Waals surface area (Å²) < 4.78 is 0. The van der Waals surface area contributed by atoms with E-state index in [1.165, 1.54) is 0 Å². The van der Waals surface area contributed by atoms with Crippen molar-refractivity contribution in [2.75, 3.05) is 0 Å². The van der Waals surface area contributed by atoms with E-state index in [1.54, 1.807) is 6.92 Å². The van der Waals surface area contributed by atoms with Crippen LogP contribution in [0.3, 0.4) is 0 Å². The number of hydrogen-bond donors (Lipinski definition) is 0. The molecule has 0 bridgehead atoms. The number of hydrogen-bond acceptors (Lipinski definition) is 1. The van der Waals surface area contributed by atoms with Gasteiger partial charge in [0.05, 0.1) is 0 Å². The van der Waals surface area contributed by atoms with Gasteiger partial charge in [-0.05, 0) is 6.92 Å². The van der Waals surface area contributed by atoms with E-state index in [0.717, 1.165) is 0 Å². The van der Waals surface area contributed by atoms with Crippen LogP contribution in [0.2, 0.25) is 0 Å². The van der Waals surface area contributed by atoms with E-state index in [0.29, 0.717) is 6.42 Å². The molecular formula is C4H8O3Ti. The van der Waals surface area contributed by atoms with Crippen molar-refractivity contribution in [2.45, 2.75) is 20.3 Å². The Morgan fingerprint density at radius 3 is 1.50 bits per heavy atom. The number of carbonyl (C=O) groups is 1. The number of ketones is 1. The molecule has 0 fully saturated rings. The molecular weight excluding hydrogens is 144 g/mol. The Bertz CT molecular complexity index is 46.5. The van der Waals surface area contributed by atoms with Gasteiger partial charge in [0.15, 0.2) is 0 Å². The first-order chi connectivity index (χ1) is 2.27. The molecule has 0 aliphatic rings. The minimum absolute atomic E-state index is 0. The topological polar surface area (TPSA) is 74.1 Å². The Labute approximate surface area is 64.0 Å². The van der Waals surface area contributed by atoms with Crippen LogP contribution in [0.1, 0.15) is 20.3 Å². The summed E-state index contributed by atoms with van der Waals surface area (Å²) in [7, 11) is 0. The van der Waals surface area contributed by atoms with Gasteiger partial charge in [-0.2, -0.15) is 0 Å². The van der Waals surface area contributed by atoms with Crippen molar-refractivity contribution in [1.82, 2.24) is 0 Å². The van der Waals surface area contributed by atoms with Crippen LogP contribution in [0, 0.1) is 0 Å². The van der Waals surface area contributed by atoms with Crippen molar-refractivity contribution in [3.8, 4) is 0 Å². The van der Waals surface area contributed by atoms with Crippen LogP contribution in [-0.4, -0.2) is 5.78 Å². The molecule has 0 aromatic heterocycles. The number of Topliss-reactive ketones (excluding diaryl/α,β-unsaturated/α-hetero) is 1. The summed E-state index contributed by atoms with van der Waals surface area (Å²) in [6.07, 6.45) is 0.667. The Kier molecular flexibility index (Phi) is 46.8. The van der Waals surface area contributed by atoms with Crippen LogP contribution in [-0.2, 0) is 37.5 Å². The van der Waals surface area contributed by atoms with E-state index >= 15 is 0 Å². The second kappa shape index (κ2) is 15.7. The minimum atomic E-state index is 0. The predicted octanol–water partition coefficient (Wildman–Crippen LogP) is 0.745. The van der Waals surface area contributed by atoms with Crippen LogP contribution >= 0.6 is 0 Å². The van der Waals surface area contributed by atoms with E-state index < -0.39 is 0 Å². The maximum Gasteiger partial charge on any atom is 4.00 e. The van der Waals surface area contributed by atoms with Crippen LogP contribution in [0.15, 0.2) is 0 Å². The van der Waals surface area contributed by atoms with Gasteiger partial charge in [-0.15, -0.1) is 0 Å². The summed E-state index contributed by atoms with van der Waals surface area (Å²) in [6.45, 7) is 3.43. The average Bonchev–Trinajstić information content (AvgIpc) is 1.38. The standard InChI is InChI=1S/C4H8O.2O.Ti/c1-3-4(2)5;;;/h3H2,1-2H3;;;/q;2*-2;+4. The maximum atomic E-state index is 9.81. The molecule has 3 nitrogen and oxygen atoms in total. The van der Waals surface area contributed by atoms with Crippen molar-refractivity contribution in [3.05, 3.63) is 0 Å². The fraction of sp³-hybridized carbons (Fsp3) is 0.750. The van der Waals surface area contributed by atoms with E-state index in [-0.39, 0.29) is 38.5 Å². The van der Waals surface area contributed by atoms with Crippen molar-refractivity contribution >= 4 is 5.78 Å². The molecule has 0 rings (SSSR count). The van der Waals surface area contributed by atoms with Gasteiger partial charge in [0.25, 0.3) is 0 Å². The van der Waals surface area contributed by atoms with Gasteiger partial charge in [0.2, 0.25) is 0 Å². The molecule has 8 heavy (non-hydrogen) atoms. The average molecular weight is 152 g/mol. The van der Waals surface area contributed by atoms with E-state index in [4.69, 9.17) is 0 Å². The molecule has 0 aromatic rings. The van der Waals surface area contributed by atoms with Gasteiger partial charge in [-0.25, -0.2) is 0 Å². The third-order valence-corrected chi connectivity index (χ3v) is 0.498. The molecule has 0 aliphatic heterocycles. The van der Waals surface area contributed by atoms with Crippen LogP contribution in [0.4, 0.5) is 0 Å². The Morgan fingerprint density at radius 1 is 1.38 bits per heavy atom. The van der Waals surface area contributed by atoms with E-state index in [1.807, 2.05) is 6.92 Å². The molecule has 0 amide bonds. The second-order valence-electron chi connectivity index (χ2n) is 1.06. The normalized spacial score (nSPS) is 4.75. The van der Waals surface area contributed by atoms with Gasteiger partial charge in [0, 0.05) is 6.42 Å². The van der Waals surface area contributed by atoms with Crippen LogP contribution < -0.4 is 0 Å². The SMILES string of the molecule is CCC(C)=O.[O-2].[O-2].[Ti+4]. The molecule has 0 N–H and O–H groups in total. The molecule has 0 atom stereocenters. The second-order valence-corrected chi connectivity index (χ2v) is 1.06. The summed E-state index contributed by atoms with van der Waals surface area (Å²) in [5.74, 6) is 0.255. The minimum Gasteiger partial charge on any atom is -2.00 e. The molecule has 0 unspecified atom stereocenters. The first-order valence-corrected chi connectivity index (χ1v) is 1.76. The van der Waals surface area contributed by atoms with Crippen molar-refractivity contribution in [1.29, 1.82) is 0 Å². The molecule has 0 radical (unpaired) electrons. The van der Waals surface area contributed by atoms with Crippen LogP contribution in [0.5, 0.6) is 0 Å². The molecule has 0 spiro atoms. The molecule has 0 saturated carbocycles. The van der Waals surface area contributed by atoms with Gasteiger partial charge in [-0.3, -0.25) is 0 Å². The van der Waals surface area contributed by atoms with Gasteiger partial charge in [-0.1, -0.05) is 6.92 Å². The van der Waals surface area contributed by atoms with Gasteiger partial charge >= 0.3 is 21.7 Å². The summed E-state index contributed by atoms with van der Waals surface area (Å²) >= 11 is 0. The van der Waals surface area contributed by atoms with Gasteiger partial charge in [0.1, 0.15) is 5.78 Å². The van der Waals surface area contributed by atoms with Crippen molar-refractivity contribution in [2.24, 2.45) is 0 Å². The predicted molar refractivity (Wildman–Crippen MR) is 22.3 cm³/mol. The number of carbonyl (C=O) groups excluding carboxylic acids is 1.